The first-order chi connectivity index (χ1) is 13.7. The van der Waals surface area contributed by atoms with Crippen LogP contribution in [0.5, 0.6) is 5.75 Å². The third kappa shape index (κ3) is 4.92. The van der Waals surface area contributed by atoms with Crippen LogP contribution in [-0.4, -0.2) is 41.5 Å². The minimum Gasteiger partial charge on any atom is -0.483 e. The minimum atomic E-state index is -0.00521. The van der Waals surface area contributed by atoms with Gasteiger partial charge in [0.1, 0.15) is 10.8 Å². The molecule has 0 bridgehead atoms. The Morgan fingerprint density at radius 1 is 1.29 bits per heavy atom. The standard InChI is InChI=1S/C22H29N3O2S/c1-16-15-28-22(23-16)13-25-11-10-19-18(12-25)8-3-2-6-17-7-4-5-9-20(17)27-14-21(26)24-19/h4-5,7,9,15,18-19H,2-3,6,8,10-14H2,1H3,(H,24,26)/t18-,19+/m0/s1. The zero-order chi connectivity index (χ0) is 19.3. The Morgan fingerprint density at radius 2 is 2.18 bits per heavy atom. The van der Waals surface area contributed by atoms with E-state index in [-0.39, 0.29) is 18.6 Å². The summed E-state index contributed by atoms with van der Waals surface area (Å²) in [5.74, 6) is 1.34. The van der Waals surface area contributed by atoms with Gasteiger partial charge in [-0.3, -0.25) is 9.69 Å². The van der Waals surface area contributed by atoms with E-state index in [1.165, 1.54) is 17.0 Å². The van der Waals surface area contributed by atoms with Gasteiger partial charge in [0, 0.05) is 30.2 Å². The topological polar surface area (TPSA) is 54.5 Å². The van der Waals surface area contributed by atoms with E-state index in [0.717, 1.165) is 56.8 Å². The van der Waals surface area contributed by atoms with Gasteiger partial charge in [0.15, 0.2) is 6.61 Å². The summed E-state index contributed by atoms with van der Waals surface area (Å²) in [6.07, 6.45) is 5.49. The SMILES string of the molecule is Cc1csc(CN2CC[C@H]3NC(=O)COc4ccccc4CCCC[C@H]3C2)n1. The monoisotopic (exact) mass is 399 g/mol. The third-order valence-electron chi connectivity index (χ3n) is 5.79. The van der Waals surface area contributed by atoms with Crippen LogP contribution in [0.4, 0.5) is 0 Å². The van der Waals surface area contributed by atoms with Gasteiger partial charge in [-0.2, -0.15) is 0 Å². The summed E-state index contributed by atoms with van der Waals surface area (Å²) in [4.78, 5) is 19.6. The third-order valence-corrected chi connectivity index (χ3v) is 6.74. The molecule has 28 heavy (non-hydrogen) atoms. The molecule has 0 radical (unpaired) electrons. The first kappa shape index (κ1) is 19.4. The van der Waals surface area contributed by atoms with Crippen LogP contribution in [0.15, 0.2) is 29.6 Å². The quantitative estimate of drug-likeness (QED) is 0.839. The van der Waals surface area contributed by atoms with Crippen LogP contribution in [0.2, 0.25) is 0 Å². The van der Waals surface area contributed by atoms with Gasteiger partial charge in [-0.05, 0) is 50.2 Å². The molecule has 1 amide bonds. The number of carbonyl (C=O) groups is 1. The summed E-state index contributed by atoms with van der Waals surface area (Å²) >= 11 is 1.75. The van der Waals surface area contributed by atoms with Crippen molar-refractivity contribution in [1.82, 2.24) is 15.2 Å². The van der Waals surface area contributed by atoms with E-state index in [4.69, 9.17) is 4.74 Å². The van der Waals surface area contributed by atoms with E-state index in [1.54, 1.807) is 11.3 Å². The minimum absolute atomic E-state index is 0.00521. The molecule has 1 aromatic heterocycles. The van der Waals surface area contributed by atoms with E-state index in [2.05, 4.69) is 33.6 Å². The van der Waals surface area contributed by atoms with Crippen molar-refractivity contribution in [2.75, 3.05) is 19.7 Å². The molecule has 150 valence electrons. The fraction of sp³-hybridized carbons (Fsp3) is 0.545. The van der Waals surface area contributed by atoms with Gasteiger partial charge in [-0.25, -0.2) is 4.98 Å². The summed E-state index contributed by atoms with van der Waals surface area (Å²) in [5, 5.41) is 6.57. The van der Waals surface area contributed by atoms with Crippen LogP contribution in [0, 0.1) is 12.8 Å². The molecule has 1 fully saturated rings. The second-order valence-corrected chi connectivity index (χ2v) is 8.93. The lowest BCUT2D eigenvalue weighted by Crippen LogP contribution is -2.51. The number of carbonyl (C=O) groups excluding carboxylic acids is 1. The number of nitrogens with zero attached hydrogens (tertiary/aromatic N) is 2. The number of aryl methyl sites for hydroxylation is 2. The van der Waals surface area contributed by atoms with Gasteiger partial charge in [0.2, 0.25) is 0 Å². The smallest absolute Gasteiger partial charge is 0.258 e. The Kier molecular flexibility index (Phi) is 6.27. The lowest BCUT2D eigenvalue weighted by Gasteiger charge is -2.39. The fourth-order valence-electron chi connectivity index (χ4n) is 4.37. The average Bonchev–Trinajstić information content (AvgIpc) is 3.10. The molecule has 2 atom stereocenters. The van der Waals surface area contributed by atoms with Gasteiger partial charge in [-0.1, -0.05) is 24.6 Å². The van der Waals surface area contributed by atoms with Gasteiger partial charge in [-0.15, -0.1) is 11.3 Å². The average molecular weight is 400 g/mol. The van der Waals surface area contributed by atoms with Crippen molar-refractivity contribution in [2.24, 2.45) is 5.92 Å². The Morgan fingerprint density at radius 3 is 3.04 bits per heavy atom. The highest BCUT2D eigenvalue weighted by Gasteiger charge is 2.30. The molecule has 5 nitrogen and oxygen atoms in total. The molecule has 0 aliphatic carbocycles. The second-order valence-electron chi connectivity index (χ2n) is 7.98. The molecule has 0 unspecified atom stereocenters. The Balaban J connectivity index is 1.41. The maximum Gasteiger partial charge on any atom is 0.258 e. The highest BCUT2D eigenvalue weighted by molar-refractivity contribution is 7.09. The van der Waals surface area contributed by atoms with Crippen molar-refractivity contribution in [2.45, 2.75) is 51.6 Å². The Labute approximate surface area is 171 Å². The number of nitrogens with one attached hydrogen (secondary N) is 1. The zero-order valence-corrected chi connectivity index (χ0v) is 17.3. The molecule has 3 heterocycles. The molecule has 2 aliphatic rings. The van der Waals surface area contributed by atoms with E-state index in [1.807, 2.05) is 18.2 Å². The number of thiazole rings is 1. The summed E-state index contributed by atoms with van der Waals surface area (Å²) in [6, 6.07) is 8.35. The van der Waals surface area contributed by atoms with Gasteiger partial charge in [0.05, 0.1) is 6.54 Å². The van der Waals surface area contributed by atoms with E-state index < -0.39 is 0 Å². The van der Waals surface area contributed by atoms with Gasteiger partial charge in [0.25, 0.3) is 5.91 Å². The van der Waals surface area contributed by atoms with Crippen molar-refractivity contribution in [3.63, 3.8) is 0 Å². The molecular formula is C22H29N3O2S. The number of ether oxygens (including phenoxy) is 1. The molecule has 6 heteroatoms. The molecule has 4 rings (SSSR count). The number of amides is 1. The molecule has 1 N–H and O–H groups in total. The largest absolute Gasteiger partial charge is 0.483 e. The summed E-state index contributed by atoms with van der Waals surface area (Å²) < 4.78 is 5.83. The van der Waals surface area contributed by atoms with Crippen LogP contribution < -0.4 is 10.1 Å². The van der Waals surface area contributed by atoms with Crippen LogP contribution in [0.1, 0.15) is 41.9 Å². The van der Waals surface area contributed by atoms with E-state index >= 15 is 0 Å². The lowest BCUT2D eigenvalue weighted by molar-refractivity contribution is -0.124. The maximum absolute atomic E-state index is 12.5. The predicted molar refractivity (Wildman–Crippen MR) is 112 cm³/mol. The number of hydrogen-bond acceptors (Lipinski definition) is 5. The van der Waals surface area contributed by atoms with Crippen LogP contribution >= 0.6 is 11.3 Å². The number of benzene rings is 1. The number of piperidine rings is 1. The number of likely N-dealkylation sites (tertiary alicyclic amines) is 1. The first-order valence-electron chi connectivity index (χ1n) is 10.3. The number of rotatable bonds is 2. The molecule has 0 spiro atoms. The molecule has 0 saturated carbocycles. The first-order valence-corrected chi connectivity index (χ1v) is 11.2. The molecule has 2 aliphatic heterocycles. The highest BCUT2D eigenvalue weighted by atomic mass is 32.1. The van der Waals surface area contributed by atoms with Crippen LogP contribution in [0.3, 0.4) is 0 Å². The summed E-state index contributed by atoms with van der Waals surface area (Å²) in [5.41, 5.74) is 2.31. The number of fused-ring (bicyclic) bond motifs is 2. The van der Waals surface area contributed by atoms with Crippen LogP contribution in [-0.2, 0) is 17.8 Å². The summed E-state index contributed by atoms with van der Waals surface area (Å²) in [7, 11) is 0. The zero-order valence-electron chi connectivity index (χ0n) is 16.5. The van der Waals surface area contributed by atoms with Crippen molar-refractivity contribution in [3.8, 4) is 5.75 Å². The molecular weight excluding hydrogens is 370 g/mol. The Bertz CT molecular complexity index is 807. The maximum atomic E-state index is 12.5. The Hall–Kier alpha value is -1.92. The summed E-state index contributed by atoms with van der Waals surface area (Å²) in [6.45, 7) is 5.11. The lowest BCUT2D eigenvalue weighted by atomic mass is 9.87. The van der Waals surface area contributed by atoms with E-state index in [0.29, 0.717) is 5.92 Å². The van der Waals surface area contributed by atoms with Gasteiger partial charge < -0.3 is 10.1 Å². The highest BCUT2D eigenvalue weighted by Crippen LogP contribution is 2.27. The van der Waals surface area contributed by atoms with Crippen LogP contribution in [0.25, 0.3) is 0 Å². The fourth-order valence-corrected chi connectivity index (χ4v) is 5.18. The molecule has 1 saturated heterocycles. The number of hydrogen-bond donors (Lipinski definition) is 1. The molecule has 2 aromatic rings. The normalized spacial score (nSPS) is 24.1. The number of para-hydroxylation sites is 1. The van der Waals surface area contributed by atoms with Crippen molar-refractivity contribution < 1.29 is 9.53 Å². The molecule has 1 aromatic carbocycles. The van der Waals surface area contributed by atoms with E-state index in [9.17, 15) is 4.79 Å². The van der Waals surface area contributed by atoms with Crippen molar-refractivity contribution in [3.05, 3.63) is 45.9 Å². The second kappa shape index (κ2) is 9.05. The number of aromatic nitrogens is 1. The van der Waals surface area contributed by atoms with Gasteiger partial charge >= 0.3 is 0 Å². The predicted octanol–water partition coefficient (Wildman–Crippen LogP) is 3.56. The van der Waals surface area contributed by atoms with Crippen molar-refractivity contribution in [1.29, 1.82) is 0 Å². The van der Waals surface area contributed by atoms with Crippen molar-refractivity contribution >= 4 is 17.2 Å².